The molecule has 0 bridgehead atoms. The quantitative estimate of drug-likeness (QED) is 0.334. The lowest BCUT2D eigenvalue weighted by molar-refractivity contribution is -0.137. The number of hydrogen-bond donors (Lipinski definition) is 4. The van der Waals surface area contributed by atoms with Gasteiger partial charge in [0.2, 0.25) is 5.82 Å². The minimum atomic E-state index is -1.45. The number of nitrogens with two attached hydrogens (primary N) is 1. The summed E-state index contributed by atoms with van der Waals surface area (Å²) < 4.78 is 12.2. The maximum atomic E-state index is 12.8. The fourth-order valence-electron chi connectivity index (χ4n) is 4.24. The Morgan fingerprint density at radius 3 is 2.78 bits per heavy atom. The minimum Gasteiger partial charge on any atom is -0.459 e. The van der Waals surface area contributed by atoms with Gasteiger partial charge in [-0.2, -0.15) is 0 Å². The van der Waals surface area contributed by atoms with Crippen molar-refractivity contribution in [3.63, 3.8) is 0 Å². The van der Waals surface area contributed by atoms with E-state index in [1.807, 2.05) is 0 Å². The van der Waals surface area contributed by atoms with Crippen molar-refractivity contribution in [1.82, 2.24) is 29.7 Å². The lowest BCUT2D eigenvalue weighted by Crippen LogP contribution is -2.44. The van der Waals surface area contributed by atoms with Crippen LogP contribution in [0, 0.1) is 11.8 Å². The first-order valence-electron chi connectivity index (χ1n) is 11.5. The number of imidazole rings is 1. The number of ether oxygens (including phenoxy) is 1. The molecule has 36 heavy (non-hydrogen) atoms. The van der Waals surface area contributed by atoms with E-state index in [1.165, 1.54) is 24.2 Å². The molecule has 1 saturated heterocycles. The highest BCUT2D eigenvalue weighted by Gasteiger charge is 2.47. The van der Waals surface area contributed by atoms with Gasteiger partial charge in [0.15, 0.2) is 29.6 Å². The number of anilines is 1. The van der Waals surface area contributed by atoms with E-state index in [0.29, 0.717) is 0 Å². The molecule has 1 aliphatic carbocycles. The molecule has 4 atom stereocenters. The van der Waals surface area contributed by atoms with Crippen LogP contribution >= 0.6 is 0 Å². The summed E-state index contributed by atoms with van der Waals surface area (Å²) in [5.74, 6) is 5.36. The number of carbonyl (C=O) groups is 2. The number of nitrogens with zero attached hydrogens (tertiary/aromatic N) is 5. The highest BCUT2D eigenvalue weighted by molar-refractivity contribution is 5.92. The first-order valence-corrected chi connectivity index (χ1v) is 11.5. The second kappa shape index (κ2) is 9.57. The third-order valence-corrected chi connectivity index (χ3v) is 6.42. The molecule has 1 aliphatic heterocycles. The molecule has 3 aromatic rings. The van der Waals surface area contributed by atoms with Crippen LogP contribution in [0.2, 0.25) is 0 Å². The van der Waals surface area contributed by atoms with Crippen molar-refractivity contribution in [2.75, 3.05) is 19.3 Å². The van der Waals surface area contributed by atoms with Crippen LogP contribution in [-0.4, -0.2) is 84.4 Å². The lowest BCUT2D eigenvalue weighted by atomic mass is 9.91. The zero-order chi connectivity index (χ0) is 25.4. The Balaban J connectivity index is 1.41. The topological polar surface area (TPSA) is 182 Å². The number of nitrogen functional groups attached to an aromatic ring is 1. The van der Waals surface area contributed by atoms with Crippen LogP contribution in [0.25, 0.3) is 11.2 Å². The number of aliphatic hydroxyl groups excluding tert-OH is 2. The maximum absolute atomic E-state index is 12.8. The Kier molecular flexibility index (Phi) is 6.31. The summed E-state index contributed by atoms with van der Waals surface area (Å²) in [6, 6.07) is 3.37. The van der Waals surface area contributed by atoms with Gasteiger partial charge < -0.3 is 35.3 Å². The normalized spacial score (nSPS) is 23.6. The Morgan fingerprint density at radius 2 is 2.11 bits per heavy atom. The largest absolute Gasteiger partial charge is 0.459 e. The number of aromatic nitrogens is 4. The van der Waals surface area contributed by atoms with Gasteiger partial charge in [0.25, 0.3) is 11.8 Å². The third kappa shape index (κ3) is 4.15. The number of fused-ring (bicyclic) bond motifs is 1. The van der Waals surface area contributed by atoms with Crippen LogP contribution in [0.1, 0.15) is 41.9 Å². The molecule has 0 aromatic carbocycles. The first kappa shape index (κ1) is 23.7. The molecule has 0 spiro atoms. The molecule has 2 amide bonds. The van der Waals surface area contributed by atoms with E-state index in [2.05, 4.69) is 32.1 Å². The Bertz CT molecular complexity index is 1340. The molecular formula is C23H25N7O6. The number of nitrogens with one attached hydrogen (secondary N) is 1. The average Bonchev–Trinajstić information content (AvgIpc) is 3.57. The van der Waals surface area contributed by atoms with Gasteiger partial charge in [-0.25, -0.2) is 15.0 Å². The maximum Gasteiger partial charge on any atom is 0.290 e. The molecule has 0 radical (unpaired) electrons. The van der Waals surface area contributed by atoms with Crippen molar-refractivity contribution in [3.8, 4) is 11.8 Å². The van der Waals surface area contributed by atoms with Crippen molar-refractivity contribution in [3.05, 3.63) is 36.3 Å². The van der Waals surface area contributed by atoms with E-state index >= 15 is 0 Å². The van der Waals surface area contributed by atoms with Gasteiger partial charge in [0.1, 0.15) is 17.7 Å². The van der Waals surface area contributed by atoms with Crippen molar-refractivity contribution >= 4 is 28.8 Å². The number of hydrogen-bond acceptors (Lipinski definition) is 10. The molecular weight excluding hydrogens is 470 g/mol. The number of carbonyl (C=O) groups excluding carboxylic acids is 2. The molecule has 3 aromatic heterocycles. The molecule has 5 rings (SSSR count). The molecule has 2 aliphatic rings. The van der Waals surface area contributed by atoms with E-state index in [0.717, 1.165) is 19.3 Å². The summed E-state index contributed by atoms with van der Waals surface area (Å²) in [7, 11) is 1.40. The highest BCUT2D eigenvalue weighted by Crippen LogP contribution is 2.32. The average molecular weight is 495 g/mol. The standard InChI is InChI=1S/C23H25N7O6/c1-25-21(33)18-16(31)17(32)23(36-18)30-11-26-15-19(24)27-14(28-20(15)30)8-3-9-29(12-5-2-6-12)22(34)13-7-4-10-35-13/h4,7,10-12,16-18,23,31-32H,2,5-6,9H2,1H3,(H,25,33)(H2,24,27,28)/t16-,17+,18-,23+/m0/s1. The van der Waals surface area contributed by atoms with Crippen molar-refractivity contribution in [2.45, 2.75) is 49.8 Å². The summed E-state index contributed by atoms with van der Waals surface area (Å²) in [6.45, 7) is 0.148. The predicted molar refractivity (Wildman–Crippen MR) is 124 cm³/mol. The second-order valence-electron chi connectivity index (χ2n) is 8.60. The monoisotopic (exact) mass is 495 g/mol. The summed E-state index contributed by atoms with van der Waals surface area (Å²) in [4.78, 5) is 39.3. The van der Waals surface area contributed by atoms with E-state index < -0.39 is 30.4 Å². The van der Waals surface area contributed by atoms with Crippen molar-refractivity contribution in [2.24, 2.45) is 0 Å². The number of furan rings is 1. The third-order valence-electron chi connectivity index (χ3n) is 6.42. The van der Waals surface area contributed by atoms with E-state index in [4.69, 9.17) is 14.9 Å². The van der Waals surface area contributed by atoms with Gasteiger partial charge in [-0.3, -0.25) is 14.2 Å². The Labute approximate surface area is 205 Å². The second-order valence-corrected chi connectivity index (χ2v) is 8.60. The lowest BCUT2D eigenvalue weighted by Gasteiger charge is -2.35. The van der Waals surface area contributed by atoms with Gasteiger partial charge in [0, 0.05) is 13.1 Å². The smallest absolute Gasteiger partial charge is 0.290 e. The van der Waals surface area contributed by atoms with Gasteiger partial charge in [0.05, 0.1) is 19.1 Å². The SMILES string of the molecule is CNC(=O)[C@H]1O[C@@H](n2cnc3c(N)nc(C#CCN(C(=O)c4ccco4)C4CCC4)nc32)[C@H](O)[C@@H]1O. The molecule has 1 saturated carbocycles. The van der Waals surface area contributed by atoms with Crippen LogP contribution in [-0.2, 0) is 9.53 Å². The first-order chi connectivity index (χ1) is 17.4. The molecule has 188 valence electrons. The molecule has 13 heteroatoms. The van der Waals surface area contributed by atoms with Crippen LogP contribution in [0.15, 0.2) is 29.1 Å². The van der Waals surface area contributed by atoms with Gasteiger partial charge >= 0.3 is 0 Å². The number of rotatable bonds is 5. The number of likely N-dealkylation sites (N-methyl/N-ethyl adjacent to an activating group) is 1. The zero-order valence-electron chi connectivity index (χ0n) is 19.4. The highest BCUT2D eigenvalue weighted by atomic mass is 16.6. The number of aliphatic hydroxyl groups is 2. The molecule has 5 N–H and O–H groups in total. The number of amides is 2. The Morgan fingerprint density at radius 1 is 1.31 bits per heavy atom. The summed E-state index contributed by atoms with van der Waals surface area (Å²) in [5.41, 5.74) is 6.52. The van der Waals surface area contributed by atoms with Gasteiger partial charge in [-0.15, -0.1) is 0 Å². The molecule has 2 fully saturated rings. The van der Waals surface area contributed by atoms with Crippen molar-refractivity contribution in [1.29, 1.82) is 0 Å². The fourth-order valence-corrected chi connectivity index (χ4v) is 4.24. The van der Waals surface area contributed by atoms with Crippen LogP contribution in [0.5, 0.6) is 0 Å². The molecule has 0 unspecified atom stereocenters. The predicted octanol–water partition coefficient (Wildman–Crippen LogP) is -0.587. The molecule has 13 nitrogen and oxygen atoms in total. The van der Waals surface area contributed by atoms with Crippen molar-refractivity contribution < 1.29 is 29.0 Å². The zero-order valence-corrected chi connectivity index (χ0v) is 19.4. The van der Waals surface area contributed by atoms with Crippen LogP contribution < -0.4 is 11.1 Å². The summed E-state index contributed by atoms with van der Waals surface area (Å²) in [6.07, 6.45) is 0.357. The van der Waals surface area contributed by atoms with Crippen LogP contribution in [0.4, 0.5) is 5.82 Å². The van der Waals surface area contributed by atoms with Gasteiger partial charge in [-0.05, 0) is 37.3 Å². The van der Waals surface area contributed by atoms with Gasteiger partial charge in [-0.1, -0.05) is 5.92 Å². The molecule has 4 heterocycles. The van der Waals surface area contributed by atoms with E-state index in [-0.39, 0.29) is 47.1 Å². The minimum absolute atomic E-state index is 0.0569. The fraction of sp³-hybridized carbons (Fsp3) is 0.435. The van der Waals surface area contributed by atoms with E-state index in [9.17, 15) is 19.8 Å². The van der Waals surface area contributed by atoms with E-state index in [1.54, 1.807) is 17.0 Å². The summed E-state index contributed by atoms with van der Waals surface area (Å²) >= 11 is 0. The van der Waals surface area contributed by atoms with Crippen LogP contribution in [0.3, 0.4) is 0 Å². The summed E-state index contributed by atoms with van der Waals surface area (Å²) in [5, 5.41) is 23.2. The Hall–Kier alpha value is -3.99.